The van der Waals surface area contributed by atoms with Crippen LogP contribution in [0.3, 0.4) is 0 Å². The van der Waals surface area contributed by atoms with Crippen molar-refractivity contribution in [2.24, 2.45) is 0 Å². The van der Waals surface area contributed by atoms with Crippen molar-refractivity contribution in [3.8, 4) is 0 Å². The van der Waals surface area contributed by atoms with Gasteiger partial charge in [-0.3, -0.25) is 14.9 Å². The topological polar surface area (TPSA) is 85.4 Å². The molecule has 1 aromatic carbocycles. The number of nitrogens with zero attached hydrogens (tertiary/aromatic N) is 1. The average molecular weight is 339 g/mol. The molecule has 0 aliphatic heterocycles. The van der Waals surface area contributed by atoms with Gasteiger partial charge in [0.1, 0.15) is 10.2 Å². The summed E-state index contributed by atoms with van der Waals surface area (Å²) in [4.78, 5) is 22.4. The highest BCUT2D eigenvalue weighted by Crippen LogP contribution is 2.28. The van der Waals surface area contributed by atoms with E-state index in [1.807, 2.05) is 0 Å². The summed E-state index contributed by atoms with van der Waals surface area (Å²) in [5, 5.41) is 13.6. The quantitative estimate of drug-likeness (QED) is 0.683. The molecule has 0 aliphatic carbocycles. The van der Waals surface area contributed by atoms with Crippen molar-refractivity contribution in [3.63, 3.8) is 0 Å². The fourth-order valence-electron chi connectivity index (χ4n) is 1.72. The smallest absolute Gasteiger partial charge is 0.284 e. The predicted molar refractivity (Wildman–Crippen MR) is 75.4 cm³/mol. The second-order valence-electron chi connectivity index (χ2n) is 4.11. The fourth-order valence-corrected chi connectivity index (χ4v) is 2.31. The summed E-state index contributed by atoms with van der Waals surface area (Å²) >= 11 is 3.10. The van der Waals surface area contributed by atoms with E-state index in [-0.39, 0.29) is 21.8 Å². The van der Waals surface area contributed by atoms with Gasteiger partial charge in [0.25, 0.3) is 11.6 Å². The molecule has 1 aromatic heterocycles. The van der Waals surface area contributed by atoms with Gasteiger partial charge in [0.05, 0.1) is 22.8 Å². The molecule has 1 heterocycles. The van der Waals surface area contributed by atoms with Gasteiger partial charge < -0.3 is 9.73 Å². The maximum Gasteiger partial charge on any atom is 0.284 e. The van der Waals surface area contributed by atoms with Crippen LogP contribution in [-0.2, 0) is 0 Å². The molecule has 1 amide bonds. The third kappa shape index (κ3) is 2.88. The molecule has 2 aromatic rings. The number of carbonyl (C=O) groups excluding carboxylic acids is 1. The first kappa shape index (κ1) is 14.3. The normalized spacial score (nSPS) is 11.9. The lowest BCUT2D eigenvalue weighted by Crippen LogP contribution is -2.26. The Morgan fingerprint density at radius 1 is 1.40 bits per heavy atom. The minimum Gasteiger partial charge on any atom is -0.467 e. The maximum absolute atomic E-state index is 12.1. The summed E-state index contributed by atoms with van der Waals surface area (Å²) in [6.45, 7) is 1.77. The summed E-state index contributed by atoms with van der Waals surface area (Å²) < 4.78 is 5.35. The van der Waals surface area contributed by atoms with E-state index in [4.69, 9.17) is 4.42 Å². The molecule has 0 saturated carbocycles. The van der Waals surface area contributed by atoms with Crippen LogP contribution in [-0.4, -0.2) is 10.8 Å². The monoisotopic (exact) mass is 338 g/mol. The largest absolute Gasteiger partial charge is 0.467 e. The van der Waals surface area contributed by atoms with Crippen molar-refractivity contribution in [2.45, 2.75) is 13.0 Å². The van der Waals surface area contributed by atoms with Crippen LogP contribution in [0.2, 0.25) is 0 Å². The van der Waals surface area contributed by atoms with Gasteiger partial charge in [0, 0.05) is 6.07 Å². The Hall–Kier alpha value is -2.15. The molecule has 0 spiro atoms. The van der Waals surface area contributed by atoms with Crippen LogP contribution >= 0.6 is 15.9 Å². The van der Waals surface area contributed by atoms with Gasteiger partial charge >= 0.3 is 0 Å². The molecule has 104 valence electrons. The molecule has 2 rings (SSSR count). The van der Waals surface area contributed by atoms with E-state index in [9.17, 15) is 14.9 Å². The fraction of sp³-hybridized carbons (Fsp3) is 0.154. The molecule has 1 atom stereocenters. The lowest BCUT2D eigenvalue weighted by molar-refractivity contribution is -0.385. The first-order valence-electron chi connectivity index (χ1n) is 5.78. The number of benzene rings is 1. The number of furan rings is 1. The number of carbonyl (C=O) groups is 1. The molecule has 0 aliphatic rings. The third-order valence-corrected chi connectivity index (χ3v) is 3.57. The van der Waals surface area contributed by atoms with Crippen LogP contribution in [0, 0.1) is 10.1 Å². The van der Waals surface area contributed by atoms with Gasteiger partial charge in [-0.2, -0.15) is 0 Å². The van der Waals surface area contributed by atoms with E-state index in [0.717, 1.165) is 0 Å². The van der Waals surface area contributed by atoms with Gasteiger partial charge in [-0.15, -0.1) is 0 Å². The highest BCUT2D eigenvalue weighted by atomic mass is 79.9. The number of nitro benzene ring substituents is 1. The lowest BCUT2D eigenvalue weighted by Gasteiger charge is -2.12. The van der Waals surface area contributed by atoms with E-state index in [1.54, 1.807) is 19.1 Å². The standard InChI is InChI=1S/C13H11BrN2O4/c1-8(11-6-3-7-20-11)15-13(17)9-4-2-5-10(12(9)14)16(18)19/h2-8H,1H3,(H,15,17). The van der Waals surface area contributed by atoms with E-state index < -0.39 is 10.8 Å². The minimum atomic E-state index is -0.545. The van der Waals surface area contributed by atoms with Crippen LogP contribution < -0.4 is 5.32 Å². The lowest BCUT2D eigenvalue weighted by atomic mass is 10.1. The summed E-state index contributed by atoms with van der Waals surface area (Å²) in [6.07, 6.45) is 1.52. The summed E-state index contributed by atoms with van der Waals surface area (Å²) in [5.74, 6) is 0.198. The zero-order valence-corrected chi connectivity index (χ0v) is 12.1. The molecule has 0 bridgehead atoms. The van der Waals surface area contributed by atoms with Crippen molar-refractivity contribution in [1.82, 2.24) is 5.32 Å². The molecular formula is C13H11BrN2O4. The number of nitrogens with one attached hydrogen (secondary N) is 1. The summed E-state index contributed by atoms with van der Waals surface area (Å²) in [5.41, 5.74) is 0.0564. The molecule has 0 radical (unpaired) electrons. The van der Waals surface area contributed by atoms with Crippen molar-refractivity contribution in [1.29, 1.82) is 0 Å². The zero-order valence-electron chi connectivity index (χ0n) is 10.5. The number of hydrogen-bond donors (Lipinski definition) is 1. The molecule has 7 heteroatoms. The molecular weight excluding hydrogens is 328 g/mol. The second-order valence-corrected chi connectivity index (χ2v) is 4.90. The number of hydrogen-bond acceptors (Lipinski definition) is 4. The number of amides is 1. The molecule has 1 N–H and O–H groups in total. The SMILES string of the molecule is CC(NC(=O)c1cccc([N+](=O)[O-])c1Br)c1ccco1. The third-order valence-electron chi connectivity index (χ3n) is 2.74. The molecule has 0 saturated heterocycles. The first-order valence-corrected chi connectivity index (χ1v) is 6.57. The number of halogens is 1. The van der Waals surface area contributed by atoms with Crippen LogP contribution in [0.15, 0.2) is 45.5 Å². The predicted octanol–water partition coefficient (Wildman–Crippen LogP) is 3.44. The molecule has 0 fully saturated rings. The number of rotatable bonds is 4. The Morgan fingerprint density at radius 2 is 2.15 bits per heavy atom. The van der Waals surface area contributed by atoms with Crippen molar-refractivity contribution >= 4 is 27.5 Å². The highest BCUT2D eigenvalue weighted by molar-refractivity contribution is 9.10. The molecule has 6 nitrogen and oxygen atoms in total. The van der Waals surface area contributed by atoms with Gasteiger partial charge in [-0.25, -0.2) is 0 Å². The Bertz CT molecular complexity index is 640. The zero-order chi connectivity index (χ0) is 14.7. The van der Waals surface area contributed by atoms with Gasteiger partial charge in [0.2, 0.25) is 0 Å². The van der Waals surface area contributed by atoms with Crippen molar-refractivity contribution in [2.75, 3.05) is 0 Å². The summed E-state index contributed by atoms with van der Waals surface area (Å²) in [6, 6.07) is 7.45. The summed E-state index contributed by atoms with van der Waals surface area (Å²) in [7, 11) is 0. The van der Waals surface area contributed by atoms with Crippen molar-refractivity contribution in [3.05, 3.63) is 62.5 Å². The van der Waals surface area contributed by atoms with Gasteiger partial charge in [-0.05, 0) is 41.1 Å². The Balaban J connectivity index is 2.22. The minimum absolute atomic E-state index is 0.150. The highest BCUT2D eigenvalue weighted by Gasteiger charge is 2.21. The van der Waals surface area contributed by atoms with Gasteiger partial charge in [-0.1, -0.05) is 6.07 Å². The van der Waals surface area contributed by atoms with Crippen molar-refractivity contribution < 1.29 is 14.1 Å². The Morgan fingerprint density at radius 3 is 2.75 bits per heavy atom. The van der Waals surface area contributed by atoms with Crippen LogP contribution in [0.5, 0.6) is 0 Å². The first-order chi connectivity index (χ1) is 9.50. The van der Waals surface area contributed by atoms with Crippen LogP contribution in [0.1, 0.15) is 29.1 Å². The van der Waals surface area contributed by atoms with E-state index in [0.29, 0.717) is 5.76 Å². The van der Waals surface area contributed by atoms with E-state index in [2.05, 4.69) is 21.2 Å². The molecule has 1 unspecified atom stereocenters. The Labute approximate surface area is 123 Å². The maximum atomic E-state index is 12.1. The van der Waals surface area contributed by atoms with E-state index in [1.165, 1.54) is 24.5 Å². The Kier molecular flexibility index (Phi) is 4.19. The number of nitro groups is 1. The van der Waals surface area contributed by atoms with Crippen LogP contribution in [0.25, 0.3) is 0 Å². The average Bonchev–Trinajstić information content (AvgIpc) is 2.92. The second kappa shape index (κ2) is 5.87. The van der Waals surface area contributed by atoms with Crippen LogP contribution in [0.4, 0.5) is 5.69 Å². The van der Waals surface area contributed by atoms with E-state index >= 15 is 0 Å². The van der Waals surface area contributed by atoms with Gasteiger partial charge in [0.15, 0.2) is 0 Å². The molecule has 20 heavy (non-hydrogen) atoms.